The van der Waals surface area contributed by atoms with E-state index in [1.54, 1.807) is 19.1 Å². The lowest BCUT2D eigenvalue weighted by Gasteiger charge is -2.30. The van der Waals surface area contributed by atoms with E-state index in [1.165, 1.54) is 0 Å². The Bertz CT molecular complexity index is 422. The van der Waals surface area contributed by atoms with Gasteiger partial charge in [0.05, 0.1) is 18.8 Å². The number of hydrogen-bond donors (Lipinski definition) is 3. The quantitative estimate of drug-likeness (QED) is 0.773. The molecule has 1 rings (SSSR count). The van der Waals surface area contributed by atoms with Gasteiger partial charge in [-0.25, -0.2) is 0 Å². The van der Waals surface area contributed by atoms with Crippen molar-refractivity contribution in [3.05, 3.63) is 33.8 Å². The van der Waals surface area contributed by atoms with Crippen molar-refractivity contribution in [2.45, 2.75) is 25.8 Å². The second-order valence-corrected chi connectivity index (χ2v) is 5.17. The van der Waals surface area contributed by atoms with E-state index in [0.29, 0.717) is 12.0 Å². The third-order valence-electron chi connectivity index (χ3n) is 3.17. The van der Waals surface area contributed by atoms with Crippen LogP contribution in [-0.4, -0.2) is 34.9 Å². The molecular weight excluding hydrogens is 298 g/mol. The average Bonchev–Trinajstić information content (AvgIpc) is 2.39. The molecule has 0 atom stereocenters. The summed E-state index contributed by atoms with van der Waals surface area (Å²) in [5, 5.41) is 21.3. The molecule has 0 aliphatic heterocycles. The number of carbonyl (C=O) groups is 1. The number of aliphatic hydroxyl groups is 2. The Hall–Kier alpha value is -0.910. The smallest absolute Gasteiger partial charge is 0.252 e. The first-order chi connectivity index (χ1) is 8.49. The van der Waals surface area contributed by atoms with Gasteiger partial charge < -0.3 is 15.5 Å². The fourth-order valence-corrected chi connectivity index (χ4v) is 1.97. The van der Waals surface area contributed by atoms with Gasteiger partial charge in [0.25, 0.3) is 5.91 Å². The minimum absolute atomic E-state index is 0.293. The van der Waals surface area contributed by atoms with Crippen LogP contribution < -0.4 is 5.32 Å². The van der Waals surface area contributed by atoms with Crippen molar-refractivity contribution in [1.82, 2.24) is 5.32 Å². The van der Waals surface area contributed by atoms with Crippen LogP contribution in [0.2, 0.25) is 0 Å². The van der Waals surface area contributed by atoms with E-state index in [2.05, 4.69) is 21.2 Å². The van der Waals surface area contributed by atoms with Crippen LogP contribution in [-0.2, 0) is 0 Å². The van der Waals surface area contributed by atoms with Crippen LogP contribution in [0.4, 0.5) is 0 Å². The van der Waals surface area contributed by atoms with E-state index in [9.17, 15) is 15.0 Å². The number of nitrogens with one attached hydrogen (secondary N) is 1. The Morgan fingerprint density at radius 3 is 2.50 bits per heavy atom. The standard InChI is InChI=1S/C13H18BrNO3/c1-3-13(7-16,8-17)15-12(18)10-5-4-6-11(14)9(10)2/h4-6,16-17H,3,7-8H2,1-2H3,(H,15,18). The van der Waals surface area contributed by atoms with Crippen LogP contribution in [0.3, 0.4) is 0 Å². The van der Waals surface area contributed by atoms with Crippen molar-refractivity contribution in [2.75, 3.05) is 13.2 Å². The molecule has 18 heavy (non-hydrogen) atoms. The van der Waals surface area contributed by atoms with E-state index in [0.717, 1.165) is 10.0 Å². The molecular formula is C13H18BrNO3. The Morgan fingerprint density at radius 2 is 2.00 bits per heavy atom. The van der Waals surface area contributed by atoms with Gasteiger partial charge in [0.15, 0.2) is 0 Å². The minimum Gasteiger partial charge on any atom is -0.394 e. The molecule has 0 radical (unpaired) electrons. The van der Waals surface area contributed by atoms with E-state index in [1.807, 2.05) is 13.0 Å². The van der Waals surface area contributed by atoms with Crippen LogP contribution in [0.15, 0.2) is 22.7 Å². The maximum absolute atomic E-state index is 12.2. The van der Waals surface area contributed by atoms with Gasteiger partial charge in [-0.05, 0) is 31.0 Å². The first kappa shape index (κ1) is 15.1. The molecule has 0 spiro atoms. The van der Waals surface area contributed by atoms with Gasteiger partial charge in [0.1, 0.15) is 0 Å². The van der Waals surface area contributed by atoms with Gasteiger partial charge in [-0.1, -0.05) is 28.9 Å². The lowest BCUT2D eigenvalue weighted by molar-refractivity contribution is 0.0652. The van der Waals surface area contributed by atoms with Crippen LogP contribution in [0.1, 0.15) is 29.3 Å². The molecule has 3 N–H and O–H groups in total. The number of amides is 1. The topological polar surface area (TPSA) is 69.6 Å². The molecule has 0 aromatic heterocycles. The molecule has 1 amide bonds. The molecule has 4 nitrogen and oxygen atoms in total. The average molecular weight is 316 g/mol. The van der Waals surface area contributed by atoms with Crippen LogP contribution in [0.5, 0.6) is 0 Å². The third-order valence-corrected chi connectivity index (χ3v) is 4.03. The van der Waals surface area contributed by atoms with E-state index in [4.69, 9.17) is 0 Å². The number of carbonyl (C=O) groups excluding carboxylic acids is 1. The number of benzene rings is 1. The molecule has 0 heterocycles. The summed E-state index contributed by atoms with van der Waals surface area (Å²) in [6.07, 6.45) is 0.457. The maximum atomic E-state index is 12.2. The molecule has 0 saturated carbocycles. The molecule has 0 unspecified atom stereocenters. The fourth-order valence-electron chi connectivity index (χ4n) is 1.60. The zero-order valence-corrected chi connectivity index (χ0v) is 12.1. The van der Waals surface area contributed by atoms with Crippen molar-refractivity contribution in [2.24, 2.45) is 0 Å². The summed E-state index contributed by atoms with van der Waals surface area (Å²) < 4.78 is 0.852. The molecule has 0 saturated heterocycles. The fraction of sp³-hybridized carbons (Fsp3) is 0.462. The molecule has 100 valence electrons. The Labute approximate surface area is 115 Å². The summed E-state index contributed by atoms with van der Waals surface area (Å²) in [5.74, 6) is -0.293. The predicted octanol–water partition coefficient (Wildman–Crippen LogP) is 1.62. The van der Waals surface area contributed by atoms with Gasteiger partial charge >= 0.3 is 0 Å². The monoisotopic (exact) mass is 315 g/mol. The van der Waals surface area contributed by atoms with Gasteiger partial charge in [-0.3, -0.25) is 4.79 Å². The number of halogens is 1. The molecule has 1 aromatic carbocycles. The molecule has 0 bridgehead atoms. The summed E-state index contributed by atoms with van der Waals surface area (Å²) in [6, 6.07) is 5.35. The second-order valence-electron chi connectivity index (χ2n) is 4.32. The summed E-state index contributed by atoms with van der Waals surface area (Å²) in [4.78, 5) is 12.2. The largest absolute Gasteiger partial charge is 0.394 e. The normalized spacial score (nSPS) is 11.4. The summed E-state index contributed by atoms with van der Waals surface area (Å²) in [7, 11) is 0. The van der Waals surface area contributed by atoms with Crippen LogP contribution >= 0.6 is 15.9 Å². The second kappa shape index (κ2) is 6.31. The Balaban J connectivity index is 2.98. The zero-order chi connectivity index (χ0) is 13.8. The van der Waals surface area contributed by atoms with E-state index < -0.39 is 5.54 Å². The van der Waals surface area contributed by atoms with Gasteiger partial charge in [-0.15, -0.1) is 0 Å². The highest BCUT2D eigenvalue weighted by atomic mass is 79.9. The highest BCUT2D eigenvalue weighted by molar-refractivity contribution is 9.10. The van der Waals surface area contributed by atoms with Crippen molar-refractivity contribution in [3.63, 3.8) is 0 Å². The number of aliphatic hydroxyl groups excluding tert-OH is 2. The van der Waals surface area contributed by atoms with Crippen molar-refractivity contribution in [3.8, 4) is 0 Å². The predicted molar refractivity (Wildman–Crippen MR) is 73.5 cm³/mol. The van der Waals surface area contributed by atoms with Crippen molar-refractivity contribution >= 4 is 21.8 Å². The summed E-state index contributed by atoms with van der Waals surface area (Å²) >= 11 is 3.37. The van der Waals surface area contributed by atoms with Crippen molar-refractivity contribution < 1.29 is 15.0 Å². The molecule has 5 heteroatoms. The lowest BCUT2D eigenvalue weighted by Crippen LogP contribution is -2.53. The Kier molecular flexibility index (Phi) is 5.31. The zero-order valence-electron chi connectivity index (χ0n) is 10.5. The van der Waals surface area contributed by atoms with E-state index >= 15 is 0 Å². The lowest BCUT2D eigenvalue weighted by atomic mass is 9.97. The highest BCUT2D eigenvalue weighted by Gasteiger charge is 2.29. The first-order valence-electron chi connectivity index (χ1n) is 5.79. The SMILES string of the molecule is CCC(CO)(CO)NC(=O)c1cccc(Br)c1C. The number of hydrogen-bond acceptors (Lipinski definition) is 3. The maximum Gasteiger partial charge on any atom is 0.252 e. The van der Waals surface area contributed by atoms with Crippen molar-refractivity contribution in [1.29, 1.82) is 0 Å². The summed E-state index contributed by atoms with van der Waals surface area (Å²) in [6.45, 7) is 3.06. The summed E-state index contributed by atoms with van der Waals surface area (Å²) in [5.41, 5.74) is 0.395. The highest BCUT2D eigenvalue weighted by Crippen LogP contribution is 2.20. The molecule has 0 aliphatic carbocycles. The Morgan fingerprint density at radius 1 is 1.39 bits per heavy atom. The third kappa shape index (κ3) is 3.10. The molecule has 1 aromatic rings. The van der Waals surface area contributed by atoms with Gasteiger partial charge in [0, 0.05) is 10.0 Å². The van der Waals surface area contributed by atoms with E-state index in [-0.39, 0.29) is 19.1 Å². The number of rotatable bonds is 5. The first-order valence-corrected chi connectivity index (χ1v) is 6.58. The van der Waals surface area contributed by atoms with Crippen LogP contribution in [0.25, 0.3) is 0 Å². The molecule has 0 aliphatic rings. The molecule has 0 fully saturated rings. The minimum atomic E-state index is -0.966. The van der Waals surface area contributed by atoms with Gasteiger partial charge in [-0.2, -0.15) is 0 Å². The van der Waals surface area contributed by atoms with Gasteiger partial charge in [0.2, 0.25) is 0 Å². The van der Waals surface area contributed by atoms with Crippen LogP contribution in [0, 0.1) is 6.92 Å².